The van der Waals surface area contributed by atoms with Gasteiger partial charge in [-0.2, -0.15) is 0 Å². The lowest BCUT2D eigenvalue weighted by Crippen LogP contribution is -2.32. The molecule has 0 bridgehead atoms. The average molecular weight is 468 g/mol. The zero-order valence-electron chi connectivity index (χ0n) is 17.2. The molecule has 1 aromatic carbocycles. The van der Waals surface area contributed by atoms with Gasteiger partial charge in [-0.15, -0.1) is 0 Å². The molecule has 1 aliphatic carbocycles. The van der Waals surface area contributed by atoms with E-state index in [0.717, 1.165) is 43.5 Å². The Morgan fingerprint density at radius 1 is 1.13 bits per heavy atom. The highest BCUT2D eigenvalue weighted by molar-refractivity contribution is 7.92. The highest BCUT2D eigenvalue weighted by Gasteiger charge is 2.28. The van der Waals surface area contributed by atoms with Crippen LogP contribution in [-0.2, 0) is 20.0 Å². The van der Waals surface area contributed by atoms with Gasteiger partial charge in [-0.25, -0.2) is 26.7 Å². The van der Waals surface area contributed by atoms with E-state index in [4.69, 9.17) is 9.88 Å². The van der Waals surface area contributed by atoms with Gasteiger partial charge in [0.05, 0.1) is 17.4 Å². The molecule has 3 N–H and O–H groups in total. The number of amides is 1. The first-order valence-corrected chi connectivity index (χ1v) is 12.9. The molecule has 9 nitrogen and oxygen atoms in total. The van der Waals surface area contributed by atoms with Crippen LogP contribution >= 0.6 is 0 Å². The number of hydrogen-bond donors (Lipinski definition) is 2. The molecule has 1 aromatic heterocycles. The molecule has 1 fully saturated rings. The van der Waals surface area contributed by atoms with Crippen LogP contribution < -0.4 is 14.6 Å². The highest BCUT2D eigenvalue weighted by atomic mass is 32.2. The Morgan fingerprint density at radius 2 is 1.74 bits per heavy atom. The number of sulfonamides is 2. The summed E-state index contributed by atoms with van der Waals surface area (Å²) in [6.45, 7) is 3.69. The van der Waals surface area contributed by atoms with Crippen molar-refractivity contribution in [1.29, 1.82) is 0 Å². The predicted octanol–water partition coefficient (Wildman–Crippen LogP) is 2.29. The molecule has 168 valence electrons. The first-order chi connectivity index (χ1) is 14.5. The molecular formula is C20H25N3O6S2. The van der Waals surface area contributed by atoms with Gasteiger partial charge < -0.3 is 4.74 Å². The van der Waals surface area contributed by atoms with Gasteiger partial charge in [0.25, 0.3) is 15.9 Å². The summed E-state index contributed by atoms with van der Waals surface area (Å²) >= 11 is 0. The van der Waals surface area contributed by atoms with Crippen LogP contribution in [0.1, 0.15) is 61.5 Å². The number of pyridine rings is 1. The summed E-state index contributed by atoms with van der Waals surface area (Å²) in [5.74, 6) is -0.281. The number of hydrogen-bond acceptors (Lipinski definition) is 7. The van der Waals surface area contributed by atoms with Crippen molar-refractivity contribution in [3.63, 3.8) is 0 Å². The number of ether oxygens (including phenoxy) is 1. The quantitative estimate of drug-likeness (QED) is 0.635. The third kappa shape index (κ3) is 5.41. The van der Waals surface area contributed by atoms with Crippen LogP contribution in [0.15, 0.2) is 46.3 Å². The number of aromatic nitrogens is 1. The molecule has 0 saturated heterocycles. The largest absolute Gasteiger partial charge is 0.489 e. The monoisotopic (exact) mass is 467 g/mol. The Bertz CT molecular complexity index is 1190. The van der Waals surface area contributed by atoms with Gasteiger partial charge in [-0.1, -0.05) is 25.0 Å². The molecule has 0 radical (unpaired) electrons. The van der Waals surface area contributed by atoms with Crippen molar-refractivity contribution in [1.82, 2.24) is 9.71 Å². The zero-order chi connectivity index (χ0) is 22.8. The van der Waals surface area contributed by atoms with Crippen molar-refractivity contribution < 1.29 is 26.4 Å². The first-order valence-electron chi connectivity index (χ1n) is 9.84. The van der Waals surface area contributed by atoms with Crippen molar-refractivity contribution in [3.05, 3.63) is 47.8 Å². The lowest BCUT2D eigenvalue weighted by atomic mass is 10.0. The van der Waals surface area contributed by atoms with Crippen LogP contribution in [-0.4, -0.2) is 33.8 Å². The van der Waals surface area contributed by atoms with Gasteiger partial charge in [-0.3, -0.25) is 9.78 Å². The second-order valence-corrected chi connectivity index (χ2v) is 10.9. The molecule has 1 amide bonds. The fourth-order valence-corrected chi connectivity index (χ4v) is 5.93. The maximum atomic E-state index is 12.7. The summed E-state index contributed by atoms with van der Waals surface area (Å²) in [6, 6.07) is 6.25. The highest BCUT2D eigenvalue weighted by Crippen LogP contribution is 2.38. The number of primary sulfonamides is 1. The minimum Gasteiger partial charge on any atom is -0.489 e. The van der Waals surface area contributed by atoms with E-state index in [2.05, 4.69) is 4.98 Å². The van der Waals surface area contributed by atoms with E-state index >= 15 is 0 Å². The summed E-state index contributed by atoms with van der Waals surface area (Å²) < 4.78 is 56.6. The molecule has 1 saturated carbocycles. The molecule has 0 spiro atoms. The fraction of sp³-hybridized carbons (Fsp3) is 0.400. The Kier molecular flexibility index (Phi) is 6.68. The molecule has 0 atom stereocenters. The Balaban J connectivity index is 1.93. The lowest BCUT2D eigenvalue weighted by molar-refractivity contribution is 0.0980. The lowest BCUT2D eigenvalue weighted by Gasteiger charge is -2.18. The standard InChI is InChI=1S/C20H25N3O6S2/c1-13(2)29-16-11-15(12-22-19(16)14-7-3-4-8-14)20(24)23-31(27,28)18-10-6-5-9-17(18)30(21,25)26/h5-6,9-14H,3-4,7-8H2,1-2H3,(H,23,24)(H2,21,25,26). The summed E-state index contributed by atoms with van der Waals surface area (Å²) in [4.78, 5) is 15.9. The molecule has 2 aromatic rings. The molecule has 0 unspecified atom stereocenters. The molecule has 11 heteroatoms. The minimum absolute atomic E-state index is 0.0194. The number of carbonyl (C=O) groups is 1. The number of benzene rings is 1. The van der Waals surface area contributed by atoms with E-state index in [1.807, 2.05) is 18.6 Å². The number of nitrogens with one attached hydrogen (secondary N) is 1. The topological polar surface area (TPSA) is 146 Å². The van der Waals surface area contributed by atoms with E-state index in [1.165, 1.54) is 24.4 Å². The Hall–Kier alpha value is -2.50. The molecule has 0 aliphatic heterocycles. The maximum absolute atomic E-state index is 12.7. The molecular weight excluding hydrogens is 442 g/mol. The van der Waals surface area contributed by atoms with Crippen LogP contribution in [0.4, 0.5) is 0 Å². The van der Waals surface area contributed by atoms with Crippen LogP contribution in [0, 0.1) is 0 Å². The third-order valence-corrected chi connectivity index (χ3v) is 7.41. The Labute approximate surface area is 182 Å². The van der Waals surface area contributed by atoms with Crippen LogP contribution in [0.2, 0.25) is 0 Å². The first kappa shape index (κ1) is 23.2. The van der Waals surface area contributed by atoms with Crippen molar-refractivity contribution in [2.75, 3.05) is 0 Å². The Morgan fingerprint density at radius 3 is 2.32 bits per heavy atom. The van der Waals surface area contributed by atoms with Crippen molar-refractivity contribution in [2.24, 2.45) is 5.14 Å². The van der Waals surface area contributed by atoms with Gasteiger partial charge in [0.2, 0.25) is 10.0 Å². The van der Waals surface area contributed by atoms with E-state index < -0.39 is 35.7 Å². The summed E-state index contributed by atoms with van der Waals surface area (Å²) in [5, 5.41) is 5.11. The minimum atomic E-state index is -4.51. The number of carbonyl (C=O) groups excluding carboxylic acids is 1. The van der Waals surface area contributed by atoms with Crippen molar-refractivity contribution in [2.45, 2.75) is 61.3 Å². The van der Waals surface area contributed by atoms with E-state index in [1.54, 1.807) is 0 Å². The second kappa shape index (κ2) is 8.93. The zero-order valence-corrected chi connectivity index (χ0v) is 18.9. The smallest absolute Gasteiger partial charge is 0.266 e. The summed E-state index contributed by atoms with van der Waals surface area (Å²) in [7, 11) is -8.83. The van der Waals surface area contributed by atoms with E-state index in [0.29, 0.717) is 5.75 Å². The molecule has 31 heavy (non-hydrogen) atoms. The van der Waals surface area contributed by atoms with Gasteiger partial charge in [0, 0.05) is 12.1 Å². The van der Waals surface area contributed by atoms with E-state index in [-0.39, 0.29) is 17.6 Å². The molecule has 1 aliphatic rings. The van der Waals surface area contributed by atoms with Crippen molar-refractivity contribution in [3.8, 4) is 5.75 Å². The predicted molar refractivity (Wildman–Crippen MR) is 114 cm³/mol. The normalized spacial score (nSPS) is 15.2. The fourth-order valence-electron chi connectivity index (χ4n) is 3.58. The number of rotatable bonds is 7. The SMILES string of the molecule is CC(C)Oc1cc(C(=O)NS(=O)(=O)c2ccccc2S(N)(=O)=O)cnc1C1CCCC1. The van der Waals surface area contributed by atoms with Crippen LogP contribution in [0.3, 0.4) is 0 Å². The van der Waals surface area contributed by atoms with Gasteiger partial charge in [-0.05, 0) is 44.9 Å². The van der Waals surface area contributed by atoms with Gasteiger partial charge in [0.1, 0.15) is 15.5 Å². The number of nitrogens with zero attached hydrogens (tertiary/aromatic N) is 1. The summed E-state index contributed by atoms with van der Waals surface area (Å²) in [6.07, 6.45) is 5.29. The summed E-state index contributed by atoms with van der Waals surface area (Å²) in [5.41, 5.74) is 0.735. The number of nitrogens with two attached hydrogens (primary N) is 1. The maximum Gasteiger partial charge on any atom is 0.266 e. The van der Waals surface area contributed by atoms with Crippen LogP contribution in [0.5, 0.6) is 5.75 Å². The van der Waals surface area contributed by atoms with Gasteiger partial charge >= 0.3 is 0 Å². The average Bonchev–Trinajstić information content (AvgIpc) is 3.21. The molecule has 3 rings (SSSR count). The third-order valence-electron chi connectivity index (χ3n) is 4.92. The van der Waals surface area contributed by atoms with E-state index in [9.17, 15) is 21.6 Å². The van der Waals surface area contributed by atoms with Gasteiger partial charge in [0.15, 0.2) is 0 Å². The van der Waals surface area contributed by atoms with Crippen molar-refractivity contribution >= 4 is 26.0 Å². The van der Waals surface area contributed by atoms with Crippen LogP contribution in [0.25, 0.3) is 0 Å². The second-order valence-electron chi connectivity index (χ2n) is 7.68. The molecule has 1 heterocycles.